The molecule has 0 amide bonds. The van der Waals surface area contributed by atoms with Gasteiger partial charge in [0, 0.05) is 19.9 Å². The first kappa shape index (κ1) is 10.1. The maximum atomic E-state index is 5.20. The van der Waals surface area contributed by atoms with E-state index in [1.54, 1.807) is 14.2 Å². The fourth-order valence-corrected chi connectivity index (χ4v) is 2.46. The molecule has 0 saturated carbocycles. The Morgan fingerprint density at radius 2 is 1.90 bits per heavy atom. The van der Waals surface area contributed by atoms with E-state index in [0.717, 1.165) is 6.42 Å². The lowest BCUT2D eigenvalue weighted by Gasteiger charge is -2.20. The van der Waals surface area contributed by atoms with Crippen LogP contribution in [0.15, 0.2) is 0 Å². The third-order valence-electron chi connectivity index (χ3n) is 1.60. The van der Waals surface area contributed by atoms with E-state index in [0.29, 0.717) is 5.67 Å². The van der Waals surface area contributed by atoms with E-state index in [9.17, 15) is 0 Å². The van der Waals surface area contributed by atoms with E-state index in [1.165, 1.54) is 0 Å². The van der Waals surface area contributed by atoms with E-state index in [1.807, 2.05) is 7.05 Å². The SMILES string of the molecule is CCC(NC)[SiH](OC)OC. The van der Waals surface area contributed by atoms with E-state index in [2.05, 4.69) is 12.2 Å². The minimum Gasteiger partial charge on any atom is -0.399 e. The number of rotatable bonds is 5. The lowest BCUT2D eigenvalue weighted by atomic mass is 10.5. The van der Waals surface area contributed by atoms with Crippen LogP contribution in [0, 0.1) is 0 Å². The Labute approximate surface area is 64.6 Å². The molecule has 0 radical (unpaired) electrons. The van der Waals surface area contributed by atoms with Crippen LogP contribution in [-0.2, 0) is 8.85 Å². The summed E-state index contributed by atoms with van der Waals surface area (Å²) < 4.78 is 10.4. The molecule has 0 bridgehead atoms. The van der Waals surface area contributed by atoms with Gasteiger partial charge in [0.25, 0.3) is 0 Å². The molecule has 4 heteroatoms. The highest BCUT2D eigenvalue weighted by Gasteiger charge is 2.19. The first-order valence-electron chi connectivity index (χ1n) is 3.53. The summed E-state index contributed by atoms with van der Waals surface area (Å²) in [6.07, 6.45) is 1.06. The molecule has 10 heavy (non-hydrogen) atoms. The highest BCUT2D eigenvalue weighted by atomic mass is 28.3. The summed E-state index contributed by atoms with van der Waals surface area (Å²) in [6, 6.07) is 0. The molecule has 0 aromatic carbocycles. The predicted octanol–water partition coefficient (Wildman–Crippen LogP) is 0.0369. The van der Waals surface area contributed by atoms with E-state index < -0.39 is 9.28 Å². The zero-order chi connectivity index (χ0) is 7.98. The quantitative estimate of drug-likeness (QED) is 0.580. The number of nitrogens with one attached hydrogen (secondary N) is 1. The Bertz CT molecular complexity index is 64.1. The summed E-state index contributed by atoms with van der Waals surface area (Å²) >= 11 is 0. The van der Waals surface area contributed by atoms with E-state index >= 15 is 0 Å². The highest BCUT2D eigenvalue weighted by Crippen LogP contribution is 1.97. The first-order chi connectivity index (χ1) is 4.79. The molecule has 3 nitrogen and oxygen atoms in total. The predicted molar refractivity (Wildman–Crippen MR) is 44.3 cm³/mol. The Kier molecular flexibility index (Phi) is 5.91. The minimum atomic E-state index is -1.42. The molecule has 0 saturated heterocycles. The van der Waals surface area contributed by atoms with E-state index in [4.69, 9.17) is 8.85 Å². The van der Waals surface area contributed by atoms with Crippen LogP contribution >= 0.6 is 0 Å². The monoisotopic (exact) mass is 163 g/mol. The zero-order valence-electron chi connectivity index (χ0n) is 7.18. The van der Waals surface area contributed by atoms with Crippen molar-refractivity contribution < 1.29 is 8.85 Å². The van der Waals surface area contributed by atoms with Gasteiger partial charge >= 0.3 is 9.28 Å². The summed E-state index contributed by atoms with van der Waals surface area (Å²) in [5, 5.41) is 3.17. The molecule has 0 aromatic rings. The fourth-order valence-electron chi connectivity index (χ4n) is 0.957. The van der Waals surface area contributed by atoms with Crippen molar-refractivity contribution in [2.45, 2.75) is 19.0 Å². The van der Waals surface area contributed by atoms with Crippen LogP contribution in [0.2, 0.25) is 0 Å². The van der Waals surface area contributed by atoms with Crippen molar-refractivity contribution in [3.8, 4) is 0 Å². The first-order valence-corrected chi connectivity index (χ1v) is 5.13. The van der Waals surface area contributed by atoms with Gasteiger partial charge < -0.3 is 14.2 Å². The second-order valence-electron chi connectivity index (χ2n) is 2.14. The Balaban J connectivity index is 3.70. The summed E-state index contributed by atoms with van der Waals surface area (Å²) in [4.78, 5) is 0. The van der Waals surface area contributed by atoms with Crippen molar-refractivity contribution in [1.29, 1.82) is 0 Å². The summed E-state index contributed by atoms with van der Waals surface area (Å²) in [6.45, 7) is 2.12. The standard InChI is InChI=1S/C6H17NO2Si/c1-5-6(7-2)10(8-3)9-4/h6-7,10H,5H2,1-4H3. The van der Waals surface area contributed by atoms with Gasteiger partial charge in [0.1, 0.15) is 0 Å². The van der Waals surface area contributed by atoms with Gasteiger partial charge in [-0.05, 0) is 13.5 Å². The van der Waals surface area contributed by atoms with Gasteiger partial charge in [-0.1, -0.05) is 6.92 Å². The molecule has 0 fully saturated rings. The molecule has 1 N–H and O–H groups in total. The van der Waals surface area contributed by atoms with Crippen LogP contribution < -0.4 is 5.32 Å². The Hall–Kier alpha value is 0.0969. The van der Waals surface area contributed by atoms with Crippen molar-refractivity contribution in [1.82, 2.24) is 5.32 Å². The third-order valence-corrected chi connectivity index (χ3v) is 3.99. The second kappa shape index (κ2) is 5.85. The lowest BCUT2D eigenvalue weighted by Crippen LogP contribution is -2.43. The molecule has 62 valence electrons. The van der Waals surface area contributed by atoms with Crippen molar-refractivity contribution in [3.05, 3.63) is 0 Å². The van der Waals surface area contributed by atoms with Crippen LogP contribution in [0.25, 0.3) is 0 Å². The maximum absolute atomic E-state index is 5.20. The molecule has 1 atom stereocenters. The van der Waals surface area contributed by atoms with Crippen molar-refractivity contribution >= 4 is 9.28 Å². The average molecular weight is 163 g/mol. The van der Waals surface area contributed by atoms with Crippen molar-refractivity contribution in [2.24, 2.45) is 0 Å². The molecular formula is C6H17NO2Si. The second-order valence-corrected chi connectivity index (χ2v) is 4.63. The molecule has 0 aliphatic carbocycles. The van der Waals surface area contributed by atoms with Crippen LogP contribution in [0.5, 0.6) is 0 Å². The molecule has 0 aromatic heterocycles. The van der Waals surface area contributed by atoms with Gasteiger partial charge in [0.05, 0.1) is 0 Å². The largest absolute Gasteiger partial charge is 0.399 e. The molecule has 1 unspecified atom stereocenters. The fraction of sp³-hybridized carbons (Fsp3) is 1.00. The normalized spacial score (nSPS) is 14.1. The summed E-state index contributed by atoms with van der Waals surface area (Å²) in [5.41, 5.74) is 0.426. The zero-order valence-corrected chi connectivity index (χ0v) is 8.33. The van der Waals surface area contributed by atoms with Crippen molar-refractivity contribution in [2.75, 3.05) is 21.3 Å². The smallest absolute Gasteiger partial charge is 0.338 e. The summed E-state index contributed by atoms with van der Waals surface area (Å²) in [7, 11) is 3.94. The topological polar surface area (TPSA) is 30.5 Å². The van der Waals surface area contributed by atoms with Gasteiger partial charge in [0.15, 0.2) is 0 Å². The highest BCUT2D eigenvalue weighted by molar-refractivity contribution is 6.46. The number of hydrogen-bond acceptors (Lipinski definition) is 3. The van der Waals surface area contributed by atoms with E-state index in [-0.39, 0.29) is 0 Å². The molecule has 0 heterocycles. The van der Waals surface area contributed by atoms with Gasteiger partial charge in [-0.3, -0.25) is 0 Å². The summed E-state index contributed by atoms with van der Waals surface area (Å²) in [5.74, 6) is 0. The van der Waals surface area contributed by atoms with Crippen LogP contribution in [0.3, 0.4) is 0 Å². The number of hydrogen-bond donors (Lipinski definition) is 1. The van der Waals surface area contributed by atoms with Gasteiger partial charge in [-0.25, -0.2) is 0 Å². The Morgan fingerprint density at radius 3 is 2.00 bits per heavy atom. The molecule has 0 aliphatic heterocycles. The van der Waals surface area contributed by atoms with Crippen molar-refractivity contribution in [3.63, 3.8) is 0 Å². The van der Waals surface area contributed by atoms with Gasteiger partial charge in [-0.15, -0.1) is 0 Å². The molecule has 0 spiro atoms. The molecular weight excluding hydrogens is 146 g/mol. The van der Waals surface area contributed by atoms with Crippen LogP contribution in [-0.4, -0.2) is 36.2 Å². The Morgan fingerprint density at radius 1 is 1.40 bits per heavy atom. The van der Waals surface area contributed by atoms with Crippen LogP contribution in [0.4, 0.5) is 0 Å². The minimum absolute atomic E-state index is 0.426. The maximum Gasteiger partial charge on any atom is 0.338 e. The lowest BCUT2D eigenvalue weighted by molar-refractivity contribution is 0.259. The molecule has 0 aliphatic rings. The van der Waals surface area contributed by atoms with Gasteiger partial charge in [-0.2, -0.15) is 0 Å². The average Bonchev–Trinajstić information content (AvgIpc) is 2.00. The molecule has 0 rings (SSSR count). The van der Waals surface area contributed by atoms with Gasteiger partial charge in [0.2, 0.25) is 0 Å². The third kappa shape index (κ3) is 2.79. The van der Waals surface area contributed by atoms with Crippen LogP contribution in [0.1, 0.15) is 13.3 Å².